The number of nitrogens with zero attached hydrogens (tertiary/aromatic N) is 2. The molecule has 0 atom stereocenters. The first-order valence-electron chi connectivity index (χ1n) is 8.86. The zero-order valence-electron chi connectivity index (χ0n) is 16.1. The lowest BCUT2D eigenvalue weighted by Crippen LogP contribution is -2.19. The van der Waals surface area contributed by atoms with Gasteiger partial charge in [-0.2, -0.15) is 0 Å². The highest BCUT2D eigenvalue weighted by Crippen LogP contribution is 2.29. The van der Waals surface area contributed by atoms with Crippen LogP contribution in [0.1, 0.15) is 25.2 Å². The molecule has 0 fully saturated rings. The van der Waals surface area contributed by atoms with E-state index in [-0.39, 0.29) is 18.6 Å². The maximum atomic E-state index is 12.2. The molecule has 0 bridgehead atoms. The Morgan fingerprint density at radius 1 is 1.07 bits per heavy atom. The summed E-state index contributed by atoms with van der Waals surface area (Å²) < 4.78 is 17.9. The Hall–Kier alpha value is -3.02. The molecule has 0 unspecified atom stereocenters. The molecular weight excluding hydrogens is 344 g/mol. The van der Waals surface area contributed by atoms with Crippen LogP contribution in [0.3, 0.4) is 0 Å². The highest BCUT2D eigenvalue weighted by molar-refractivity contribution is 5.79. The van der Waals surface area contributed by atoms with Crippen LogP contribution in [0.2, 0.25) is 0 Å². The molecule has 3 aromatic rings. The van der Waals surface area contributed by atoms with Crippen molar-refractivity contribution in [3.63, 3.8) is 0 Å². The fourth-order valence-corrected chi connectivity index (χ4v) is 3.04. The molecule has 27 heavy (non-hydrogen) atoms. The summed E-state index contributed by atoms with van der Waals surface area (Å²) in [6.45, 7) is 3.81. The van der Waals surface area contributed by atoms with Crippen LogP contribution in [-0.2, 0) is 22.5 Å². The Balaban J connectivity index is 1.96. The van der Waals surface area contributed by atoms with Crippen LogP contribution in [0, 0.1) is 0 Å². The van der Waals surface area contributed by atoms with Gasteiger partial charge < -0.3 is 18.8 Å². The van der Waals surface area contributed by atoms with Crippen LogP contribution in [0.4, 0.5) is 0 Å². The molecule has 1 aromatic heterocycles. The lowest BCUT2D eigenvalue weighted by Gasteiger charge is -2.12. The molecule has 142 valence electrons. The second-order valence-electron chi connectivity index (χ2n) is 6.51. The number of carbonyl (C=O) groups is 1. The van der Waals surface area contributed by atoms with Gasteiger partial charge in [0.25, 0.3) is 0 Å². The van der Waals surface area contributed by atoms with Gasteiger partial charge >= 0.3 is 5.97 Å². The molecule has 0 spiro atoms. The van der Waals surface area contributed by atoms with Gasteiger partial charge in [-0.05, 0) is 43.7 Å². The SMILES string of the molecule is COc1ccc(Cc2nc3ccccc3n2CC(=O)OC(C)C)cc1OC. The average Bonchev–Trinajstić information content (AvgIpc) is 2.98. The lowest BCUT2D eigenvalue weighted by atomic mass is 10.1. The number of carbonyl (C=O) groups excluding carboxylic acids is 1. The van der Waals surface area contributed by atoms with Gasteiger partial charge in [-0.1, -0.05) is 18.2 Å². The topological polar surface area (TPSA) is 62.6 Å². The zero-order chi connectivity index (χ0) is 19.4. The molecule has 0 aliphatic heterocycles. The summed E-state index contributed by atoms with van der Waals surface area (Å²) in [5.41, 5.74) is 2.78. The van der Waals surface area contributed by atoms with Gasteiger partial charge in [-0.15, -0.1) is 0 Å². The van der Waals surface area contributed by atoms with Crippen molar-refractivity contribution in [1.29, 1.82) is 0 Å². The minimum atomic E-state index is -0.276. The molecule has 1 heterocycles. The number of methoxy groups -OCH3 is 2. The Labute approximate surface area is 158 Å². The van der Waals surface area contributed by atoms with Crippen LogP contribution >= 0.6 is 0 Å². The van der Waals surface area contributed by atoms with Crippen molar-refractivity contribution in [2.24, 2.45) is 0 Å². The predicted octanol–water partition coefficient (Wildman–Crippen LogP) is 3.60. The quantitative estimate of drug-likeness (QED) is 0.596. The van der Waals surface area contributed by atoms with Gasteiger partial charge in [0.15, 0.2) is 11.5 Å². The van der Waals surface area contributed by atoms with Crippen LogP contribution in [0.25, 0.3) is 11.0 Å². The van der Waals surface area contributed by atoms with E-state index in [0.29, 0.717) is 17.9 Å². The highest BCUT2D eigenvalue weighted by atomic mass is 16.5. The first kappa shape index (κ1) is 18.8. The Kier molecular flexibility index (Phi) is 5.64. The fourth-order valence-electron chi connectivity index (χ4n) is 3.04. The minimum absolute atomic E-state index is 0.126. The third kappa shape index (κ3) is 4.22. The molecule has 6 nitrogen and oxygen atoms in total. The summed E-state index contributed by atoms with van der Waals surface area (Å²) in [6.07, 6.45) is 0.408. The van der Waals surface area contributed by atoms with Crippen molar-refractivity contribution in [1.82, 2.24) is 9.55 Å². The third-order valence-corrected chi connectivity index (χ3v) is 4.20. The number of esters is 1. The Bertz CT molecular complexity index is 947. The second kappa shape index (κ2) is 8.12. The number of rotatable bonds is 7. The fraction of sp³-hybridized carbons (Fsp3) is 0.333. The van der Waals surface area contributed by atoms with E-state index in [9.17, 15) is 4.79 Å². The Morgan fingerprint density at radius 3 is 2.52 bits per heavy atom. The van der Waals surface area contributed by atoms with Crippen molar-refractivity contribution in [2.45, 2.75) is 32.9 Å². The van der Waals surface area contributed by atoms with Gasteiger partial charge in [0.2, 0.25) is 0 Å². The first-order chi connectivity index (χ1) is 13.0. The number of fused-ring (bicyclic) bond motifs is 1. The van der Waals surface area contributed by atoms with Gasteiger partial charge in [-0.3, -0.25) is 4.79 Å². The van der Waals surface area contributed by atoms with E-state index in [4.69, 9.17) is 19.2 Å². The van der Waals surface area contributed by atoms with Crippen molar-refractivity contribution < 1.29 is 19.0 Å². The molecule has 6 heteroatoms. The van der Waals surface area contributed by atoms with E-state index in [2.05, 4.69) is 0 Å². The summed E-state index contributed by atoms with van der Waals surface area (Å²) in [4.78, 5) is 17.0. The summed E-state index contributed by atoms with van der Waals surface area (Å²) in [5, 5.41) is 0. The Morgan fingerprint density at radius 2 is 1.81 bits per heavy atom. The number of ether oxygens (including phenoxy) is 3. The van der Waals surface area contributed by atoms with E-state index in [1.54, 1.807) is 14.2 Å². The van der Waals surface area contributed by atoms with E-state index >= 15 is 0 Å². The standard InChI is InChI=1S/C21H24N2O4/c1-14(2)27-21(24)13-23-17-8-6-5-7-16(17)22-20(23)12-15-9-10-18(25-3)19(11-15)26-4/h5-11,14H,12-13H2,1-4H3. The van der Waals surface area contributed by atoms with E-state index in [1.165, 1.54) is 0 Å². The van der Waals surface area contributed by atoms with Crippen LogP contribution in [0.15, 0.2) is 42.5 Å². The van der Waals surface area contributed by atoms with Gasteiger partial charge in [0.05, 0.1) is 31.4 Å². The molecule has 0 aliphatic rings. The van der Waals surface area contributed by atoms with Crippen molar-refractivity contribution in [3.05, 3.63) is 53.9 Å². The number of benzene rings is 2. The van der Waals surface area contributed by atoms with E-state index in [0.717, 1.165) is 22.4 Å². The summed E-state index contributed by atoms with van der Waals surface area (Å²) in [7, 11) is 3.22. The van der Waals surface area contributed by atoms with E-state index < -0.39 is 0 Å². The second-order valence-corrected chi connectivity index (χ2v) is 6.51. The third-order valence-electron chi connectivity index (χ3n) is 4.20. The van der Waals surface area contributed by atoms with Gasteiger partial charge in [0.1, 0.15) is 12.4 Å². The molecule has 0 saturated carbocycles. The minimum Gasteiger partial charge on any atom is -0.493 e. The van der Waals surface area contributed by atoms with E-state index in [1.807, 2.05) is 60.9 Å². The van der Waals surface area contributed by atoms with Crippen molar-refractivity contribution in [3.8, 4) is 11.5 Å². The molecular formula is C21H24N2O4. The summed E-state index contributed by atoms with van der Waals surface area (Å²) in [6, 6.07) is 13.5. The van der Waals surface area contributed by atoms with Crippen molar-refractivity contribution >= 4 is 17.0 Å². The molecule has 0 N–H and O–H groups in total. The number of hydrogen-bond donors (Lipinski definition) is 0. The van der Waals surface area contributed by atoms with Crippen molar-refractivity contribution in [2.75, 3.05) is 14.2 Å². The monoisotopic (exact) mass is 368 g/mol. The number of imidazole rings is 1. The predicted molar refractivity (Wildman–Crippen MR) is 103 cm³/mol. The first-order valence-corrected chi connectivity index (χ1v) is 8.86. The van der Waals surface area contributed by atoms with Crippen LogP contribution in [0.5, 0.6) is 11.5 Å². The molecule has 2 aromatic carbocycles. The molecule has 0 amide bonds. The smallest absolute Gasteiger partial charge is 0.326 e. The number of hydrogen-bond acceptors (Lipinski definition) is 5. The highest BCUT2D eigenvalue weighted by Gasteiger charge is 2.16. The van der Waals surface area contributed by atoms with Crippen LogP contribution in [-0.4, -0.2) is 35.8 Å². The van der Waals surface area contributed by atoms with Gasteiger partial charge in [-0.25, -0.2) is 4.98 Å². The summed E-state index contributed by atoms with van der Waals surface area (Å²) in [5.74, 6) is 1.86. The maximum Gasteiger partial charge on any atom is 0.326 e. The number of aromatic nitrogens is 2. The van der Waals surface area contributed by atoms with Crippen LogP contribution < -0.4 is 9.47 Å². The maximum absolute atomic E-state index is 12.2. The lowest BCUT2D eigenvalue weighted by molar-refractivity contribution is -0.148. The number of para-hydroxylation sites is 2. The summed E-state index contributed by atoms with van der Waals surface area (Å²) >= 11 is 0. The molecule has 0 radical (unpaired) electrons. The normalized spacial score (nSPS) is 11.0. The zero-order valence-corrected chi connectivity index (χ0v) is 16.1. The largest absolute Gasteiger partial charge is 0.493 e. The van der Waals surface area contributed by atoms with Gasteiger partial charge in [0, 0.05) is 6.42 Å². The average molecular weight is 368 g/mol. The molecule has 3 rings (SSSR count). The molecule has 0 aliphatic carbocycles. The molecule has 0 saturated heterocycles.